The van der Waals surface area contributed by atoms with Crippen molar-refractivity contribution in [3.63, 3.8) is 0 Å². The van der Waals surface area contributed by atoms with E-state index < -0.39 is 36.0 Å². The van der Waals surface area contributed by atoms with Crippen LogP contribution in [0.5, 0.6) is 0 Å². The molecule has 0 saturated carbocycles. The van der Waals surface area contributed by atoms with Crippen LogP contribution in [-0.4, -0.2) is 167 Å². The first-order chi connectivity index (χ1) is 27.5. The number of benzene rings is 1. The van der Waals surface area contributed by atoms with Crippen molar-refractivity contribution in [1.29, 1.82) is 0 Å². The van der Waals surface area contributed by atoms with Crippen molar-refractivity contribution in [2.45, 2.75) is 85.5 Å². The highest BCUT2D eigenvalue weighted by Gasteiger charge is 2.28. The van der Waals surface area contributed by atoms with Crippen molar-refractivity contribution in [1.82, 2.24) is 35.6 Å². The van der Waals surface area contributed by atoms with E-state index in [1.54, 1.807) is 0 Å². The molecule has 58 heavy (non-hydrogen) atoms. The van der Waals surface area contributed by atoms with Gasteiger partial charge in [0.25, 0.3) is 0 Å². The fourth-order valence-electron chi connectivity index (χ4n) is 6.87. The zero-order valence-electron chi connectivity index (χ0n) is 36.4. The van der Waals surface area contributed by atoms with E-state index in [1.165, 1.54) is 21.3 Å². The average molecular weight is 818 g/mol. The van der Waals surface area contributed by atoms with Gasteiger partial charge in [0, 0.05) is 58.9 Å². The summed E-state index contributed by atoms with van der Waals surface area (Å²) in [6.07, 6.45) is 1.28. The zero-order valence-corrected chi connectivity index (χ0v) is 36.4. The Hall–Kier alpha value is -4.12. The Morgan fingerprint density at radius 3 is 1.02 bits per heavy atom. The van der Waals surface area contributed by atoms with E-state index in [1.807, 2.05) is 74.4 Å². The molecule has 328 valence electrons. The summed E-state index contributed by atoms with van der Waals surface area (Å²) in [6.45, 7) is 16.2. The highest BCUT2D eigenvalue weighted by molar-refractivity contribution is 5.86. The lowest BCUT2D eigenvalue weighted by Gasteiger charge is -2.34. The molecule has 0 aromatic heterocycles. The molecule has 0 bridgehead atoms. The second kappa shape index (κ2) is 26.8. The van der Waals surface area contributed by atoms with Crippen LogP contribution in [0.1, 0.15) is 66.4 Å². The van der Waals surface area contributed by atoms with E-state index in [0.29, 0.717) is 78.2 Å². The maximum atomic E-state index is 13.5. The summed E-state index contributed by atoms with van der Waals surface area (Å²) in [7, 11) is 3.90. The summed E-state index contributed by atoms with van der Waals surface area (Å²) in [5, 5.41) is 8.60. The van der Waals surface area contributed by atoms with Crippen LogP contribution in [0.3, 0.4) is 0 Å². The molecule has 0 aliphatic carbocycles. The number of nitrogens with zero attached hydrogens (tertiary/aromatic N) is 4. The number of esters is 3. The highest BCUT2D eigenvalue weighted by atomic mass is 16.5. The number of carbonyl (C=O) groups excluding carboxylic acids is 6. The first kappa shape index (κ1) is 50.0. The van der Waals surface area contributed by atoms with E-state index in [9.17, 15) is 28.8 Å². The Labute approximate surface area is 346 Å². The number of amides is 3. The van der Waals surface area contributed by atoms with Crippen LogP contribution >= 0.6 is 0 Å². The van der Waals surface area contributed by atoms with Gasteiger partial charge in [0.2, 0.25) is 17.7 Å². The minimum absolute atomic E-state index is 0.0215. The first-order valence-corrected chi connectivity index (χ1v) is 20.6. The number of hydrogen-bond acceptors (Lipinski definition) is 13. The van der Waals surface area contributed by atoms with Crippen molar-refractivity contribution in [2.24, 2.45) is 17.8 Å². The van der Waals surface area contributed by atoms with E-state index in [2.05, 4.69) is 33.0 Å². The lowest BCUT2D eigenvalue weighted by molar-refractivity contribution is -0.146. The zero-order chi connectivity index (χ0) is 43.2. The number of hydrogen-bond donors (Lipinski definition) is 3. The Kier molecular flexibility index (Phi) is 23.1. The molecule has 2 rings (SSSR count). The Morgan fingerprint density at radius 2 is 0.759 bits per heavy atom. The third-order valence-corrected chi connectivity index (χ3v) is 9.86. The van der Waals surface area contributed by atoms with Gasteiger partial charge in [0.15, 0.2) is 0 Å². The second-order valence-corrected chi connectivity index (χ2v) is 16.4. The molecule has 1 aliphatic heterocycles. The van der Waals surface area contributed by atoms with E-state index in [0.717, 1.165) is 5.56 Å². The Balaban J connectivity index is 2.41. The van der Waals surface area contributed by atoms with E-state index in [-0.39, 0.29) is 55.1 Å². The van der Waals surface area contributed by atoms with Gasteiger partial charge in [-0.05, 0) is 42.6 Å². The smallest absolute Gasteiger partial charge is 0.328 e. The summed E-state index contributed by atoms with van der Waals surface area (Å²) >= 11 is 0. The molecule has 1 aliphatic rings. The Bertz CT molecular complexity index is 1370. The fourth-order valence-corrected chi connectivity index (χ4v) is 6.87. The fraction of sp³-hybridized carbons (Fsp3) is 0.714. The topological polar surface area (TPSA) is 179 Å². The standard InChI is InChI=1S/C42H71N7O9/c1-30(2)23-34(40(53)56-7)43-37(50)27-47-17-15-46(26-33-13-11-10-12-14-33)16-18-48(28-38(51)44-35(24-31(3)4)41(54)57-8)20-22-49(21-19-47)29-39(52)45-36(25-32(5)6)42(55)58-9/h10-14,30-32,34-36H,15-29H2,1-9H3,(H,43,50)(H,44,51)(H,45,52)/t34-,35-,36-/m0/s1. The molecule has 1 saturated heterocycles. The van der Waals surface area contributed by atoms with Gasteiger partial charge in [-0.2, -0.15) is 0 Å². The predicted octanol–water partition coefficient (Wildman–Crippen LogP) is 1.52. The summed E-state index contributed by atoms with van der Waals surface area (Å²) in [6, 6.07) is 7.72. The van der Waals surface area contributed by atoms with Gasteiger partial charge in [0.05, 0.1) is 41.0 Å². The van der Waals surface area contributed by atoms with Crippen LogP contribution in [0.4, 0.5) is 0 Å². The summed E-state index contributed by atoms with van der Waals surface area (Å²) in [4.78, 5) is 86.4. The molecule has 3 N–H and O–H groups in total. The van der Waals surface area contributed by atoms with Crippen molar-refractivity contribution < 1.29 is 43.0 Å². The number of carbonyl (C=O) groups is 6. The van der Waals surface area contributed by atoms with Crippen LogP contribution in [-0.2, 0) is 49.5 Å². The van der Waals surface area contributed by atoms with Crippen LogP contribution in [0.15, 0.2) is 30.3 Å². The lowest BCUT2D eigenvalue weighted by Crippen LogP contribution is -2.53. The average Bonchev–Trinajstić information content (AvgIpc) is 3.16. The molecule has 1 aromatic rings. The molecule has 0 radical (unpaired) electrons. The third-order valence-electron chi connectivity index (χ3n) is 9.86. The maximum Gasteiger partial charge on any atom is 0.328 e. The monoisotopic (exact) mass is 818 g/mol. The van der Waals surface area contributed by atoms with E-state index in [4.69, 9.17) is 14.2 Å². The Morgan fingerprint density at radius 1 is 0.483 bits per heavy atom. The predicted molar refractivity (Wildman–Crippen MR) is 221 cm³/mol. The van der Waals surface area contributed by atoms with Gasteiger partial charge in [-0.25, -0.2) is 14.4 Å². The molecule has 0 unspecified atom stereocenters. The molecule has 16 nitrogen and oxygen atoms in total. The van der Waals surface area contributed by atoms with Gasteiger partial charge in [-0.1, -0.05) is 71.9 Å². The van der Waals surface area contributed by atoms with Gasteiger partial charge in [0.1, 0.15) is 18.1 Å². The summed E-state index contributed by atoms with van der Waals surface area (Å²) in [5.74, 6) is -2.05. The second-order valence-electron chi connectivity index (χ2n) is 16.4. The summed E-state index contributed by atoms with van der Waals surface area (Å²) < 4.78 is 14.9. The largest absolute Gasteiger partial charge is 0.467 e. The van der Waals surface area contributed by atoms with Gasteiger partial charge in [-0.3, -0.25) is 34.0 Å². The van der Waals surface area contributed by atoms with E-state index >= 15 is 0 Å². The molecule has 0 spiro atoms. The van der Waals surface area contributed by atoms with Crippen molar-refractivity contribution in [2.75, 3.05) is 93.3 Å². The van der Waals surface area contributed by atoms with Crippen LogP contribution < -0.4 is 16.0 Å². The first-order valence-electron chi connectivity index (χ1n) is 20.6. The molecule has 1 heterocycles. The van der Waals surface area contributed by atoms with Gasteiger partial charge < -0.3 is 30.2 Å². The number of nitrogens with one attached hydrogen (secondary N) is 3. The SMILES string of the molecule is COC(=O)[C@H](CC(C)C)NC(=O)CN1CCN(CC(=O)N[C@@H](CC(C)C)C(=O)OC)CCN(Cc2ccccc2)CCN(CC(=O)N[C@@H](CC(C)C)C(=O)OC)CC1. The minimum Gasteiger partial charge on any atom is -0.467 e. The van der Waals surface area contributed by atoms with Crippen LogP contribution in [0.2, 0.25) is 0 Å². The normalized spacial score (nSPS) is 17.0. The van der Waals surface area contributed by atoms with Crippen molar-refractivity contribution in [3.05, 3.63) is 35.9 Å². The van der Waals surface area contributed by atoms with Gasteiger partial charge in [-0.15, -0.1) is 0 Å². The minimum atomic E-state index is -0.803. The molecule has 3 atom stereocenters. The number of methoxy groups -OCH3 is 3. The summed E-state index contributed by atoms with van der Waals surface area (Å²) in [5.41, 5.74) is 1.12. The molecule has 16 heteroatoms. The number of ether oxygens (including phenoxy) is 3. The molecule has 1 aromatic carbocycles. The van der Waals surface area contributed by atoms with Crippen LogP contribution in [0, 0.1) is 17.8 Å². The molecular formula is C42H71N7O9. The van der Waals surface area contributed by atoms with Crippen molar-refractivity contribution in [3.8, 4) is 0 Å². The maximum absolute atomic E-state index is 13.5. The van der Waals surface area contributed by atoms with Crippen molar-refractivity contribution >= 4 is 35.6 Å². The third kappa shape index (κ3) is 20.0. The van der Waals surface area contributed by atoms with Crippen LogP contribution in [0.25, 0.3) is 0 Å². The molecule has 1 fully saturated rings. The number of rotatable bonds is 20. The molecule has 3 amide bonds. The lowest BCUT2D eigenvalue weighted by atomic mass is 10.0. The quantitative estimate of drug-likeness (QED) is 0.128. The highest BCUT2D eigenvalue weighted by Crippen LogP contribution is 2.11. The molecular weight excluding hydrogens is 747 g/mol. The van der Waals surface area contributed by atoms with Gasteiger partial charge >= 0.3 is 17.9 Å².